The Kier molecular flexibility index (Phi) is 6.81. The summed E-state index contributed by atoms with van der Waals surface area (Å²) in [6.07, 6.45) is -0.258. The number of nitrogens with one attached hydrogen (secondary N) is 1. The van der Waals surface area contributed by atoms with Gasteiger partial charge in [0.15, 0.2) is 0 Å². The number of hydrogen-bond acceptors (Lipinski definition) is 6. The summed E-state index contributed by atoms with van der Waals surface area (Å²) < 4.78 is 9.69. The minimum absolute atomic E-state index is 0.00879. The second-order valence-electron chi connectivity index (χ2n) is 4.49. The lowest BCUT2D eigenvalue weighted by Gasteiger charge is -2.18. The molecule has 120 valence electrons. The summed E-state index contributed by atoms with van der Waals surface area (Å²) in [7, 11) is 0. The molecule has 22 heavy (non-hydrogen) atoms. The van der Waals surface area contributed by atoms with Gasteiger partial charge >= 0.3 is 12.1 Å². The molecule has 0 aliphatic rings. The summed E-state index contributed by atoms with van der Waals surface area (Å²) in [6.45, 7) is 3.17. The zero-order chi connectivity index (χ0) is 16.5. The van der Waals surface area contributed by atoms with E-state index < -0.39 is 23.0 Å². The van der Waals surface area contributed by atoms with Crippen LogP contribution in [0.2, 0.25) is 0 Å². The van der Waals surface area contributed by atoms with Crippen molar-refractivity contribution in [2.45, 2.75) is 26.3 Å². The summed E-state index contributed by atoms with van der Waals surface area (Å²) in [6, 6.07) is 5.45. The molecule has 1 atom stereocenters. The van der Waals surface area contributed by atoms with Gasteiger partial charge < -0.3 is 14.8 Å². The van der Waals surface area contributed by atoms with Crippen LogP contribution < -0.4 is 5.32 Å². The molecule has 0 aliphatic heterocycles. The molecular formula is C14H18N2O6. The Morgan fingerprint density at radius 2 is 1.91 bits per heavy atom. The molecule has 0 aromatic heterocycles. The SMILES string of the molecule is CCOC(=O)N[C@H](COC(C)=O)Cc1ccc([N+](=O)[O-])cc1. The second-order valence-corrected chi connectivity index (χ2v) is 4.49. The van der Waals surface area contributed by atoms with Crippen LogP contribution in [0.1, 0.15) is 19.4 Å². The van der Waals surface area contributed by atoms with E-state index >= 15 is 0 Å². The lowest BCUT2D eigenvalue weighted by atomic mass is 10.1. The summed E-state index contributed by atoms with van der Waals surface area (Å²) in [5.41, 5.74) is 0.748. The Hall–Kier alpha value is -2.64. The van der Waals surface area contributed by atoms with Crippen molar-refractivity contribution < 1.29 is 24.0 Å². The van der Waals surface area contributed by atoms with Gasteiger partial charge in [0.25, 0.3) is 5.69 Å². The monoisotopic (exact) mass is 310 g/mol. The average molecular weight is 310 g/mol. The molecule has 0 spiro atoms. The van der Waals surface area contributed by atoms with Gasteiger partial charge in [-0.15, -0.1) is 0 Å². The Labute approximate surface area is 127 Å². The standard InChI is InChI=1S/C14H18N2O6/c1-3-21-14(18)15-12(9-22-10(2)17)8-11-4-6-13(7-5-11)16(19)20/h4-7,12H,3,8-9H2,1-2H3,(H,15,18)/t12-/m0/s1. The fourth-order valence-corrected chi connectivity index (χ4v) is 1.75. The number of non-ortho nitro benzene ring substituents is 1. The summed E-state index contributed by atoms with van der Waals surface area (Å²) in [4.78, 5) is 32.5. The average Bonchev–Trinajstić information content (AvgIpc) is 2.45. The Morgan fingerprint density at radius 1 is 1.27 bits per heavy atom. The van der Waals surface area contributed by atoms with Gasteiger partial charge in [0.2, 0.25) is 0 Å². The molecule has 0 aliphatic carbocycles. The number of esters is 1. The van der Waals surface area contributed by atoms with Crippen LogP contribution in [-0.2, 0) is 20.7 Å². The van der Waals surface area contributed by atoms with Crippen molar-refractivity contribution in [1.29, 1.82) is 0 Å². The van der Waals surface area contributed by atoms with E-state index in [0.717, 1.165) is 5.56 Å². The highest BCUT2D eigenvalue weighted by Crippen LogP contribution is 2.13. The maximum absolute atomic E-state index is 11.5. The van der Waals surface area contributed by atoms with Crippen LogP contribution in [0.25, 0.3) is 0 Å². The number of hydrogen-bond donors (Lipinski definition) is 1. The number of rotatable bonds is 7. The minimum atomic E-state index is -0.610. The van der Waals surface area contributed by atoms with Crippen LogP contribution in [-0.4, -0.2) is 36.2 Å². The van der Waals surface area contributed by atoms with Crippen molar-refractivity contribution in [2.24, 2.45) is 0 Å². The molecule has 0 saturated carbocycles. The van der Waals surface area contributed by atoms with Crippen LogP contribution in [0.15, 0.2) is 24.3 Å². The highest BCUT2D eigenvalue weighted by atomic mass is 16.6. The van der Waals surface area contributed by atoms with E-state index in [1.165, 1.54) is 19.1 Å². The normalized spacial score (nSPS) is 11.4. The molecule has 0 saturated heterocycles. The number of ether oxygens (including phenoxy) is 2. The van der Waals surface area contributed by atoms with Crippen LogP contribution in [0, 0.1) is 10.1 Å². The zero-order valence-electron chi connectivity index (χ0n) is 12.4. The molecular weight excluding hydrogens is 292 g/mol. The first kappa shape index (κ1) is 17.4. The van der Waals surface area contributed by atoms with Gasteiger partial charge in [0.05, 0.1) is 17.6 Å². The van der Waals surface area contributed by atoms with Gasteiger partial charge in [0, 0.05) is 19.1 Å². The smallest absolute Gasteiger partial charge is 0.407 e. The summed E-state index contributed by atoms with van der Waals surface area (Å²) >= 11 is 0. The van der Waals surface area contributed by atoms with Gasteiger partial charge in [-0.2, -0.15) is 0 Å². The van der Waals surface area contributed by atoms with E-state index in [9.17, 15) is 19.7 Å². The summed E-state index contributed by atoms with van der Waals surface area (Å²) in [5.74, 6) is -0.459. The molecule has 1 rings (SSSR count). The highest BCUT2D eigenvalue weighted by molar-refractivity contribution is 5.68. The molecule has 0 fully saturated rings. The molecule has 0 heterocycles. The molecule has 0 unspecified atom stereocenters. The van der Waals surface area contributed by atoms with Gasteiger partial charge in [-0.1, -0.05) is 12.1 Å². The van der Waals surface area contributed by atoms with Crippen molar-refractivity contribution in [3.8, 4) is 0 Å². The maximum Gasteiger partial charge on any atom is 0.407 e. The van der Waals surface area contributed by atoms with E-state index in [1.54, 1.807) is 19.1 Å². The fourth-order valence-electron chi connectivity index (χ4n) is 1.75. The largest absolute Gasteiger partial charge is 0.464 e. The van der Waals surface area contributed by atoms with Crippen molar-refractivity contribution in [3.05, 3.63) is 39.9 Å². The molecule has 8 nitrogen and oxygen atoms in total. The predicted molar refractivity (Wildman–Crippen MR) is 77.4 cm³/mol. The molecule has 0 radical (unpaired) electrons. The first-order valence-electron chi connectivity index (χ1n) is 6.72. The van der Waals surface area contributed by atoms with Gasteiger partial charge in [-0.25, -0.2) is 4.79 Å². The molecule has 1 N–H and O–H groups in total. The Balaban J connectivity index is 2.71. The minimum Gasteiger partial charge on any atom is -0.464 e. The zero-order valence-corrected chi connectivity index (χ0v) is 12.4. The van der Waals surface area contributed by atoms with Gasteiger partial charge in [-0.3, -0.25) is 14.9 Å². The third-order valence-electron chi connectivity index (χ3n) is 2.71. The lowest BCUT2D eigenvalue weighted by molar-refractivity contribution is -0.384. The van der Waals surface area contributed by atoms with E-state index in [2.05, 4.69) is 5.32 Å². The van der Waals surface area contributed by atoms with Gasteiger partial charge in [-0.05, 0) is 18.9 Å². The molecule has 0 bridgehead atoms. The van der Waals surface area contributed by atoms with Crippen LogP contribution >= 0.6 is 0 Å². The first-order chi connectivity index (χ1) is 10.4. The number of nitrogens with zero attached hydrogens (tertiary/aromatic N) is 1. The van der Waals surface area contributed by atoms with E-state index in [4.69, 9.17) is 9.47 Å². The van der Waals surface area contributed by atoms with Crippen molar-refractivity contribution >= 4 is 17.7 Å². The fraction of sp³-hybridized carbons (Fsp3) is 0.429. The number of alkyl carbamates (subject to hydrolysis) is 1. The maximum atomic E-state index is 11.5. The quantitative estimate of drug-likeness (QED) is 0.467. The first-order valence-corrected chi connectivity index (χ1v) is 6.72. The van der Waals surface area contributed by atoms with Gasteiger partial charge in [0.1, 0.15) is 6.61 Å². The Bertz CT molecular complexity index is 529. The molecule has 1 aromatic carbocycles. The van der Waals surface area contributed by atoms with E-state index in [0.29, 0.717) is 6.42 Å². The number of benzene rings is 1. The van der Waals surface area contributed by atoms with E-state index in [1.807, 2.05) is 0 Å². The molecule has 8 heteroatoms. The number of carbonyl (C=O) groups is 2. The topological polar surface area (TPSA) is 108 Å². The lowest BCUT2D eigenvalue weighted by Crippen LogP contribution is -2.40. The Morgan fingerprint density at radius 3 is 2.41 bits per heavy atom. The third-order valence-corrected chi connectivity index (χ3v) is 2.71. The van der Waals surface area contributed by atoms with Crippen molar-refractivity contribution in [2.75, 3.05) is 13.2 Å². The number of nitro groups is 1. The number of amides is 1. The van der Waals surface area contributed by atoms with Crippen molar-refractivity contribution in [3.63, 3.8) is 0 Å². The number of nitro benzene ring substituents is 1. The van der Waals surface area contributed by atoms with E-state index in [-0.39, 0.29) is 18.9 Å². The van der Waals surface area contributed by atoms with Crippen LogP contribution in [0.3, 0.4) is 0 Å². The highest BCUT2D eigenvalue weighted by Gasteiger charge is 2.16. The number of carbonyl (C=O) groups excluding carboxylic acids is 2. The molecule has 1 aromatic rings. The van der Waals surface area contributed by atoms with Crippen LogP contribution in [0.5, 0.6) is 0 Å². The second kappa shape index (κ2) is 8.60. The molecule has 1 amide bonds. The third kappa shape index (κ3) is 6.21. The predicted octanol–water partition coefficient (Wildman–Crippen LogP) is 1.82. The summed E-state index contributed by atoms with van der Waals surface area (Å²) in [5, 5.41) is 13.2. The van der Waals surface area contributed by atoms with Crippen molar-refractivity contribution in [1.82, 2.24) is 5.32 Å². The van der Waals surface area contributed by atoms with Crippen LogP contribution in [0.4, 0.5) is 10.5 Å².